The first-order chi connectivity index (χ1) is 13.7. The lowest BCUT2D eigenvalue weighted by Gasteiger charge is -2.11. The normalized spacial score (nSPS) is 13.5. The topological polar surface area (TPSA) is 50.4 Å². The van der Waals surface area contributed by atoms with Crippen LogP contribution >= 0.6 is 22.7 Å². The average molecular weight is 413 g/mol. The van der Waals surface area contributed by atoms with Crippen LogP contribution in [0.15, 0.2) is 41.8 Å². The first-order valence-electron chi connectivity index (χ1n) is 9.61. The van der Waals surface area contributed by atoms with E-state index in [9.17, 15) is 4.79 Å². The molecule has 1 aromatic carbocycles. The number of benzene rings is 1. The molecule has 0 atom stereocenters. The van der Waals surface area contributed by atoms with E-state index in [0.717, 1.165) is 47.8 Å². The summed E-state index contributed by atoms with van der Waals surface area (Å²) in [5, 5.41) is 9.67. The van der Waals surface area contributed by atoms with E-state index in [1.807, 2.05) is 24.3 Å². The number of carbonyl (C=O) groups excluding carboxylic acids is 1. The summed E-state index contributed by atoms with van der Waals surface area (Å²) in [5.74, 6) is 0.749. The van der Waals surface area contributed by atoms with Gasteiger partial charge in [-0.2, -0.15) is 0 Å². The Balaban J connectivity index is 1.60. The molecule has 1 aliphatic rings. The number of thiophene rings is 2. The van der Waals surface area contributed by atoms with Crippen molar-refractivity contribution in [1.29, 1.82) is 0 Å². The molecule has 28 heavy (non-hydrogen) atoms. The number of rotatable bonds is 6. The summed E-state index contributed by atoms with van der Waals surface area (Å²) >= 11 is 3.49. The fourth-order valence-electron chi connectivity index (χ4n) is 3.56. The quantitative estimate of drug-likeness (QED) is 0.492. The molecule has 146 valence electrons. The van der Waals surface area contributed by atoms with Crippen molar-refractivity contribution in [3.63, 3.8) is 0 Å². The Bertz CT molecular complexity index is 930. The predicted octanol–water partition coefficient (Wildman–Crippen LogP) is 5.95. The maximum absolute atomic E-state index is 13.2. The average Bonchev–Trinajstić information content (AvgIpc) is 3.29. The van der Waals surface area contributed by atoms with Crippen LogP contribution in [0.3, 0.4) is 0 Å². The third kappa shape index (κ3) is 4.23. The molecule has 0 aliphatic heterocycles. The molecule has 0 fully saturated rings. The van der Waals surface area contributed by atoms with Crippen LogP contribution in [0.5, 0.6) is 5.75 Å². The molecule has 0 saturated carbocycles. The van der Waals surface area contributed by atoms with Crippen LogP contribution in [-0.2, 0) is 19.4 Å². The van der Waals surface area contributed by atoms with Gasteiger partial charge in [0, 0.05) is 15.4 Å². The van der Waals surface area contributed by atoms with E-state index >= 15 is 0 Å². The van der Waals surface area contributed by atoms with E-state index in [4.69, 9.17) is 4.74 Å². The molecule has 0 bridgehead atoms. The Kier molecular flexibility index (Phi) is 5.98. The summed E-state index contributed by atoms with van der Waals surface area (Å²) in [5.41, 5.74) is 2.85. The molecule has 0 unspecified atom stereocenters. The highest BCUT2D eigenvalue weighted by Gasteiger charge is 2.24. The fourth-order valence-corrected chi connectivity index (χ4v) is 5.48. The third-order valence-electron chi connectivity index (χ3n) is 5.00. The molecule has 0 radical (unpaired) electrons. The van der Waals surface area contributed by atoms with Gasteiger partial charge in [-0.25, -0.2) is 0 Å². The standard InChI is InChI=1S/C22H24N2O2S2/c1-26-16-11-9-15(10-12-16)24-21(25)20-18-7-3-2-4-8-19(18)28-22(20)23-14-17-6-5-13-27-17/h5-6,9-13,23H,2-4,7-8,14H2,1H3,(H,24,25). The van der Waals surface area contributed by atoms with Crippen molar-refractivity contribution in [3.8, 4) is 5.75 Å². The van der Waals surface area contributed by atoms with Crippen molar-refractivity contribution in [2.24, 2.45) is 0 Å². The van der Waals surface area contributed by atoms with Gasteiger partial charge in [0.15, 0.2) is 0 Å². The van der Waals surface area contributed by atoms with Gasteiger partial charge in [-0.3, -0.25) is 4.79 Å². The molecule has 2 heterocycles. The first-order valence-corrected chi connectivity index (χ1v) is 11.3. The zero-order valence-electron chi connectivity index (χ0n) is 15.9. The summed E-state index contributed by atoms with van der Waals surface area (Å²) in [6, 6.07) is 11.6. The van der Waals surface area contributed by atoms with Crippen LogP contribution in [0.1, 0.15) is 44.9 Å². The Labute approximate surface area is 173 Å². The molecule has 6 heteroatoms. The Morgan fingerprint density at radius 1 is 1.11 bits per heavy atom. The number of hydrogen-bond acceptors (Lipinski definition) is 5. The Morgan fingerprint density at radius 3 is 2.68 bits per heavy atom. The van der Waals surface area contributed by atoms with Gasteiger partial charge in [0.2, 0.25) is 0 Å². The van der Waals surface area contributed by atoms with E-state index < -0.39 is 0 Å². The largest absolute Gasteiger partial charge is 0.497 e. The second-order valence-corrected chi connectivity index (χ2v) is 9.02. The molecule has 3 aromatic rings. The predicted molar refractivity (Wildman–Crippen MR) is 118 cm³/mol. The maximum atomic E-state index is 13.2. The molecule has 2 aromatic heterocycles. The highest BCUT2D eigenvalue weighted by molar-refractivity contribution is 7.16. The molecule has 4 nitrogen and oxygen atoms in total. The second kappa shape index (κ2) is 8.80. The Hall–Kier alpha value is -2.31. The van der Waals surface area contributed by atoms with E-state index in [1.54, 1.807) is 29.8 Å². The van der Waals surface area contributed by atoms with E-state index in [2.05, 4.69) is 28.1 Å². The van der Waals surface area contributed by atoms with Crippen LogP contribution in [0.4, 0.5) is 10.7 Å². The van der Waals surface area contributed by atoms with Gasteiger partial charge in [0.25, 0.3) is 5.91 Å². The summed E-state index contributed by atoms with van der Waals surface area (Å²) in [4.78, 5) is 15.9. The van der Waals surface area contributed by atoms with Gasteiger partial charge < -0.3 is 15.4 Å². The zero-order chi connectivity index (χ0) is 19.3. The zero-order valence-corrected chi connectivity index (χ0v) is 17.6. The molecule has 1 amide bonds. The maximum Gasteiger partial charge on any atom is 0.258 e. The third-order valence-corrected chi connectivity index (χ3v) is 7.13. The van der Waals surface area contributed by atoms with Gasteiger partial charge in [-0.1, -0.05) is 12.5 Å². The highest BCUT2D eigenvalue weighted by Crippen LogP contribution is 2.38. The number of fused-ring (bicyclic) bond motifs is 1. The monoisotopic (exact) mass is 412 g/mol. The number of aryl methyl sites for hydroxylation is 1. The van der Waals surface area contributed by atoms with Crippen LogP contribution < -0.4 is 15.4 Å². The minimum absolute atomic E-state index is 0.0294. The van der Waals surface area contributed by atoms with Crippen molar-refractivity contribution in [2.45, 2.75) is 38.6 Å². The van der Waals surface area contributed by atoms with Crippen molar-refractivity contribution >= 4 is 39.3 Å². The van der Waals surface area contributed by atoms with Gasteiger partial charge in [-0.05, 0) is 67.0 Å². The van der Waals surface area contributed by atoms with E-state index in [1.165, 1.54) is 28.2 Å². The molecule has 0 saturated heterocycles. The number of methoxy groups -OCH3 is 1. The summed E-state index contributed by atoms with van der Waals surface area (Å²) in [7, 11) is 1.64. The van der Waals surface area contributed by atoms with E-state index in [0.29, 0.717) is 0 Å². The van der Waals surface area contributed by atoms with Crippen LogP contribution in [0.2, 0.25) is 0 Å². The molecular formula is C22H24N2O2S2. The van der Waals surface area contributed by atoms with Crippen LogP contribution in [0.25, 0.3) is 0 Å². The number of amides is 1. The molecule has 0 spiro atoms. The number of ether oxygens (including phenoxy) is 1. The van der Waals surface area contributed by atoms with Crippen LogP contribution in [-0.4, -0.2) is 13.0 Å². The number of hydrogen-bond donors (Lipinski definition) is 2. The smallest absolute Gasteiger partial charge is 0.258 e. The summed E-state index contributed by atoms with van der Waals surface area (Å²) in [6.45, 7) is 0.750. The lowest BCUT2D eigenvalue weighted by atomic mass is 10.0. The van der Waals surface area contributed by atoms with Crippen molar-refractivity contribution < 1.29 is 9.53 Å². The summed E-state index contributed by atoms with van der Waals surface area (Å²) in [6.07, 6.45) is 5.65. The van der Waals surface area contributed by atoms with Gasteiger partial charge in [0.05, 0.1) is 19.2 Å². The lowest BCUT2D eigenvalue weighted by Crippen LogP contribution is -2.15. The van der Waals surface area contributed by atoms with Crippen molar-refractivity contribution in [1.82, 2.24) is 0 Å². The minimum atomic E-state index is -0.0294. The van der Waals surface area contributed by atoms with Crippen molar-refractivity contribution in [3.05, 3.63) is 62.7 Å². The molecule has 1 aliphatic carbocycles. The second-order valence-electron chi connectivity index (χ2n) is 6.88. The van der Waals surface area contributed by atoms with Gasteiger partial charge in [-0.15, -0.1) is 22.7 Å². The van der Waals surface area contributed by atoms with Crippen LogP contribution in [0, 0.1) is 0 Å². The minimum Gasteiger partial charge on any atom is -0.497 e. The number of carbonyl (C=O) groups is 1. The van der Waals surface area contributed by atoms with Crippen molar-refractivity contribution in [2.75, 3.05) is 17.7 Å². The summed E-state index contributed by atoms with van der Waals surface area (Å²) < 4.78 is 5.20. The first kappa shape index (κ1) is 19.0. The SMILES string of the molecule is COc1ccc(NC(=O)c2c(NCc3cccs3)sc3c2CCCCC3)cc1. The van der Waals surface area contributed by atoms with Gasteiger partial charge in [0.1, 0.15) is 10.8 Å². The van der Waals surface area contributed by atoms with E-state index in [-0.39, 0.29) is 5.91 Å². The fraction of sp³-hybridized carbons (Fsp3) is 0.318. The Morgan fingerprint density at radius 2 is 1.93 bits per heavy atom. The number of anilines is 2. The number of nitrogens with one attached hydrogen (secondary N) is 2. The lowest BCUT2D eigenvalue weighted by molar-refractivity contribution is 0.102. The molecule has 4 rings (SSSR count). The molecule has 2 N–H and O–H groups in total. The van der Waals surface area contributed by atoms with Gasteiger partial charge >= 0.3 is 0 Å². The highest BCUT2D eigenvalue weighted by atomic mass is 32.1. The molecular weight excluding hydrogens is 388 g/mol.